The number of non-ortho nitro benzene ring substituents is 1. The Morgan fingerprint density at radius 3 is 2.91 bits per heavy atom. The molecule has 1 aliphatic rings. The maximum atomic E-state index is 12.1. The molecule has 9 heteroatoms. The van der Waals surface area contributed by atoms with Crippen LogP contribution in [-0.2, 0) is 4.79 Å². The molecule has 0 radical (unpaired) electrons. The highest BCUT2D eigenvalue weighted by molar-refractivity contribution is 9.10. The number of nitrogens with one attached hydrogen (secondary N) is 2. The molecular weight excluding hydrogens is 376 g/mol. The Morgan fingerprint density at radius 1 is 1.59 bits per heavy atom. The number of nitrogens with zero attached hydrogens (tertiary/aromatic N) is 2. The average molecular weight is 394 g/mol. The van der Waals surface area contributed by atoms with Gasteiger partial charge in [-0.3, -0.25) is 19.8 Å². The molecule has 122 valence electrons. The number of amides is 1. The lowest BCUT2D eigenvalue weighted by atomic mass is 10.2. The fourth-order valence-corrected chi connectivity index (χ4v) is 2.68. The summed E-state index contributed by atoms with van der Waals surface area (Å²) in [5.41, 5.74) is 0.518. The zero-order valence-corrected chi connectivity index (χ0v) is 14.4. The lowest BCUT2D eigenvalue weighted by molar-refractivity contribution is -0.384. The van der Waals surface area contributed by atoms with Gasteiger partial charge in [0, 0.05) is 42.3 Å². The molecule has 1 aromatic carbocycles. The number of hydrogen-bond acceptors (Lipinski definition) is 5. The number of piperazine rings is 1. The minimum atomic E-state index is -0.473. The van der Waals surface area contributed by atoms with Gasteiger partial charge in [-0.05, 0) is 28.9 Å². The van der Waals surface area contributed by atoms with Crippen LogP contribution in [0.2, 0.25) is 0 Å². The number of nitro benzene ring substituents is 1. The first-order valence-corrected chi connectivity index (χ1v) is 7.45. The van der Waals surface area contributed by atoms with E-state index in [2.05, 4.69) is 38.4 Å². The van der Waals surface area contributed by atoms with Gasteiger partial charge in [-0.2, -0.15) is 0 Å². The highest BCUT2D eigenvalue weighted by Crippen LogP contribution is 2.27. The topological polar surface area (TPSA) is 87.5 Å². The van der Waals surface area contributed by atoms with Gasteiger partial charge in [0.05, 0.1) is 17.2 Å². The van der Waals surface area contributed by atoms with Crippen molar-refractivity contribution in [2.45, 2.75) is 13.0 Å². The molecule has 1 amide bonds. The van der Waals surface area contributed by atoms with E-state index in [1.807, 2.05) is 0 Å². The van der Waals surface area contributed by atoms with E-state index >= 15 is 0 Å². The minimum absolute atomic E-state index is 0. The summed E-state index contributed by atoms with van der Waals surface area (Å²) in [7, 11) is 0. The Bertz CT molecular complexity index is 558. The van der Waals surface area contributed by atoms with Crippen LogP contribution in [0, 0.1) is 10.1 Å². The standard InChI is InChI=1S/C13H17BrN4O3.ClH/c1-9-7-15-4-5-17(9)8-13(19)16-12-3-2-10(18(20)21)6-11(12)14;/h2-3,6,9,15H,4-5,7-8H2,1H3,(H,16,19);1H/t9-;/m0./s1. The van der Waals surface area contributed by atoms with Crippen molar-refractivity contribution in [3.8, 4) is 0 Å². The van der Waals surface area contributed by atoms with Gasteiger partial charge < -0.3 is 10.6 Å². The number of halogens is 2. The fourth-order valence-electron chi connectivity index (χ4n) is 2.21. The van der Waals surface area contributed by atoms with Gasteiger partial charge in [0.1, 0.15) is 0 Å². The first-order chi connectivity index (χ1) is 9.97. The van der Waals surface area contributed by atoms with Crippen LogP contribution >= 0.6 is 28.3 Å². The van der Waals surface area contributed by atoms with E-state index in [4.69, 9.17) is 0 Å². The van der Waals surface area contributed by atoms with Crippen molar-refractivity contribution in [1.29, 1.82) is 0 Å². The average Bonchev–Trinajstić information content (AvgIpc) is 2.43. The molecular formula is C13H18BrClN4O3. The third-order valence-electron chi connectivity index (χ3n) is 3.42. The number of anilines is 1. The molecule has 1 aliphatic heterocycles. The summed E-state index contributed by atoms with van der Waals surface area (Å²) in [4.78, 5) is 24.4. The molecule has 1 aromatic rings. The molecule has 0 aliphatic carbocycles. The summed E-state index contributed by atoms with van der Waals surface area (Å²) >= 11 is 3.24. The Hall–Kier alpha value is -1.22. The van der Waals surface area contributed by atoms with Crippen LogP contribution in [0.25, 0.3) is 0 Å². The molecule has 1 heterocycles. The monoisotopic (exact) mass is 392 g/mol. The molecule has 22 heavy (non-hydrogen) atoms. The number of carbonyl (C=O) groups excluding carboxylic acids is 1. The van der Waals surface area contributed by atoms with E-state index < -0.39 is 4.92 Å². The predicted molar refractivity (Wildman–Crippen MR) is 90.6 cm³/mol. The maximum Gasteiger partial charge on any atom is 0.270 e. The Balaban J connectivity index is 0.00000242. The van der Waals surface area contributed by atoms with Crippen LogP contribution in [0.5, 0.6) is 0 Å². The van der Waals surface area contributed by atoms with Crippen molar-refractivity contribution in [2.24, 2.45) is 0 Å². The van der Waals surface area contributed by atoms with Crippen LogP contribution in [0.4, 0.5) is 11.4 Å². The van der Waals surface area contributed by atoms with Crippen molar-refractivity contribution in [3.63, 3.8) is 0 Å². The summed E-state index contributed by atoms with van der Waals surface area (Å²) in [6.45, 7) is 4.96. The quantitative estimate of drug-likeness (QED) is 0.603. The number of benzene rings is 1. The summed E-state index contributed by atoms with van der Waals surface area (Å²) in [5, 5.41) is 16.7. The number of rotatable bonds is 4. The van der Waals surface area contributed by atoms with Gasteiger partial charge in [-0.15, -0.1) is 12.4 Å². The summed E-state index contributed by atoms with van der Waals surface area (Å²) in [6, 6.07) is 4.59. The highest BCUT2D eigenvalue weighted by atomic mass is 79.9. The zero-order chi connectivity index (χ0) is 15.4. The van der Waals surface area contributed by atoms with E-state index in [0.29, 0.717) is 22.7 Å². The first kappa shape index (κ1) is 18.8. The van der Waals surface area contributed by atoms with Crippen molar-refractivity contribution < 1.29 is 9.72 Å². The molecule has 0 bridgehead atoms. The minimum Gasteiger partial charge on any atom is -0.324 e. The van der Waals surface area contributed by atoms with Crippen LogP contribution in [0.1, 0.15) is 6.92 Å². The smallest absolute Gasteiger partial charge is 0.270 e. The molecule has 1 atom stereocenters. The van der Waals surface area contributed by atoms with Gasteiger partial charge in [0.2, 0.25) is 5.91 Å². The van der Waals surface area contributed by atoms with E-state index in [-0.39, 0.29) is 24.0 Å². The van der Waals surface area contributed by atoms with Gasteiger partial charge in [0.15, 0.2) is 0 Å². The Labute approximate surface area is 143 Å². The predicted octanol–water partition coefficient (Wildman–Crippen LogP) is 2.01. The molecule has 1 saturated heterocycles. The van der Waals surface area contributed by atoms with Gasteiger partial charge >= 0.3 is 0 Å². The molecule has 0 spiro atoms. The second kappa shape index (κ2) is 8.42. The fraction of sp³-hybridized carbons (Fsp3) is 0.462. The lowest BCUT2D eigenvalue weighted by Crippen LogP contribution is -2.52. The first-order valence-electron chi connectivity index (χ1n) is 6.66. The molecule has 2 rings (SSSR count). The Morgan fingerprint density at radius 2 is 2.32 bits per heavy atom. The highest BCUT2D eigenvalue weighted by Gasteiger charge is 2.20. The van der Waals surface area contributed by atoms with Crippen LogP contribution in [-0.4, -0.2) is 48.0 Å². The molecule has 0 aromatic heterocycles. The van der Waals surface area contributed by atoms with E-state index in [9.17, 15) is 14.9 Å². The van der Waals surface area contributed by atoms with E-state index in [0.717, 1.165) is 19.6 Å². The molecule has 0 unspecified atom stereocenters. The second-order valence-electron chi connectivity index (χ2n) is 4.99. The number of carbonyl (C=O) groups is 1. The third kappa shape index (κ3) is 4.91. The van der Waals surface area contributed by atoms with Gasteiger partial charge in [-0.1, -0.05) is 0 Å². The van der Waals surface area contributed by atoms with E-state index in [1.54, 1.807) is 0 Å². The van der Waals surface area contributed by atoms with E-state index in [1.165, 1.54) is 18.2 Å². The van der Waals surface area contributed by atoms with Gasteiger partial charge in [0.25, 0.3) is 5.69 Å². The zero-order valence-electron chi connectivity index (χ0n) is 12.0. The lowest BCUT2D eigenvalue weighted by Gasteiger charge is -2.33. The van der Waals surface area contributed by atoms with Crippen molar-refractivity contribution in [1.82, 2.24) is 10.2 Å². The molecule has 0 saturated carbocycles. The summed E-state index contributed by atoms with van der Waals surface area (Å²) < 4.78 is 0.499. The Kier molecular flexibility index (Phi) is 7.21. The van der Waals surface area contributed by atoms with Crippen molar-refractivity contribution >= 4 is 45.6 Å². The van der Waals surface area contributed by atoms with Crippen LogP contribution in [0.15, 0.2) is 22.7 Å². The summed E-state index contributed by atoms with van der Waals surface area (Å²) in [6.07, 6.45) is 0. The molecule has 2 N–H and O–H groups in total. The molecule has 7 nitrogen and oxygen atoms in total. The van der Waals surface area contributed by atoms with Crippen molar-refractivity contribution in [2.75, 3.05) is 31.5 Å². The second-order valence-corrected chi connectivity index (χ2v) is 5.85. The maximum absolute atomic E-state index is 12.1. The third-order valence-corrected chi connectivity index (χ3v) is 4.08. The largest absolute Gasteiger partial charge is 0.324 e. The summed E-state index contributed by atoms with van der Waals surface area (Å²) in [5.74, 6) is -0.127. The van der Waals surface area contributed by atoms with Crippen molar-refractivity contribution in [3.05, 3.63) is 32.8 Å². The van der Waals surface area contributed by atoms with Crippen LogP contribution < -0.4 is 10.6 Å². The molecule has 1 fully saturated rings. The normalized spacial score (nSPS) is 18.4. The SMILES string of the molecule is C[C@H]1CNCCN1CC(=O)Nc1ccc([N+](=O)[O-])cc1Br.Cl. The van der Waals surface area contributed by atoms with Gasteiger partial charge in [-0.25, -0.2) is 0 Å². The van der Waals surface area contributed by atoms with Crippen LogP contribution in [0.3, 0.4) is 0 Å². The number of hydrogen-bond donors (Lipinski definition) is 2. The number of nitro groups is 1.